The molecule has 0 spiro atoms. The van der Waals surface area contributed by atoms with Crippen molar-refractivity contribution in [1.29, 1.82) is 0 Å². The van der Waals surface area contributed by atoms with Gasteiger partial charge in [0.25, 0.3) is 0 Å². The number of hydrogen-bond acceptors (Lipinski definition) is 7. The van der Waals surface area contributed by atoms with Crippen molar-refractivity contribution in [3.8, 4) is 28.2 Å². The molecule has 1 aliphatic heterocycles. The molecule has 0 saturated heterocycles. The molecule has 0 radical (unpaired) electrons. The number of pyridine rings is 2. The van der Waals surface area contributed by atoms with Crippen LogP contribution in [0.15, 0.2) is 94.4 Å². The van der Waals surface area contributed by atoms with Crippen LogP contribution in [0.2, 0.25) is 10.0 Å². The second-order valence-electron chi connectivity index (χ2n) is 10.1. The maximum atomic E-state index is 13.2. The fourth-order valence-electron chi connectivity index (χ4n) is 5.37. The first kappa shape index (κ1) is 28.1. The molecule has 3 aromatic carbocycles. The van der Waals surface area contributed by atoms with Crippen molar-refractivity contribution < 1.29 is 24.2 Å². The number of phenolic OH excluding ortho intramolecular Hbond substituents is 1. The topological polar surface area (TPSA) is 155 Å². The van der Waals surface area contributed by atoms with Gasteiger partial charge < -0.3 is 25.3 Å². The lowest BCUT2D eigenvalue weighted by Gasteiger charge is -2.18. The first-order chi connectivity index (χ1) is 21.7. The molecule has 0 bridgehead atoms. The second-order valence-corrected chi connectivity index (χ2v) is 10.9. The molecular weight excluding hydrogens is 619 g/mol. The van der Waals surface area contributed by atoms with Crippen LogP contribution in [-0.2, 0) is 0 Å². The van der Waals surface area contributed by atoms with Crippen molar-refractivity contribution in [1.82, 2.24) is 9.97 Å². The van der Waals surface area contributed by atoms with Crippen LogP contribution in [0.1, 0.15) is 10.4 Å². The molecule has 4 N–H and O–H groups in total. The van der Waals surface area contributed by atoms with E-state index in [9.17, 15) is 24.6 Å². The van der Waals surface area contributed by atoms with Crippen LogP contribution in [0.25, 0.3) is 55.2 Å². The van der Waals surface area contributed by atoms with E-state index < -0.39 is 17.4 Å². The zero-order valence-corrected chi connectivity index (χ0v) is 24.3. The molecule has 1 aliphatic carbocycles. The predicted octanol–water partition coefficient (Wildman–Crippen LogP) is 8.02. The highest BCUT2D eigenvalue weighted by molar-refractivity contribution is 6.33. The number of hydrogen-bond donors (Lipinski definition) is 4. The summed E-state index contributed by atoms with van der Waals surface area (Å²) in [6, 6.07) is 18.1. The van der Waals surface area contributed by atoms with Gasteiger partial charge in [-0.3, -0.25) is 14.8 Å². The number of phenols is 1. The summed E-state index contributed by atoms with van der Waals surface area (Å²) in [4.78, 5) is 47.0. The minimum atomic E-state index is -1.29. The maximum absolute atomic E-state index is 13.2. The number of aromatic nitrogens is 2. The van der Waals surface area contributed by atoms with E-state index in [0.29, 0.717) is 38.6 Å². The van der Waals surface area contributed by atoms with Gasteiger partial charge in [-0.25, -0.2) is 9.59 Å². The molecule has 220 valence electrons. The standard InChI is InChI=1S/C33H18Cl2N4O6/c34-22-11-20-27(13-25(22)40)45-28-14-26(41)23(35)12-21(28)29(20)17-6-5-16(10-19(17)32(42)43)38-33(44)39-24-9-15-3-1-7-36-30(15)31-18(24)4-2-8-37-31/h1-14,40H,(H,42,43)(H2,38,39,44). The highest BCUT2D eigenvalue weighted by Crippen LogP contribution is 2.44. The molecule has 2 aliphatic rings. The maximum Gasteiger partial charge on any atom is 0.336 e. The number of nitrogens with zero attached hydrogens (tertiary/aromatic N) is 2. The molecule has 0 atom stereocenters. The minimum absolute atomic E-state index is 0.00358. The van der Waals surface area contributed by atoms with Gasteiger partial charge in [-0.1, -0.05) is 35.3 Å². The van der Waals surface area contributed by atoms with Gasteiger partial charge in [0.1, 0.15) is 17.1 Å². The second kappa shape index (κ2) is 10.8. The molecule has 10 nitrogen and oxygen atoms in total. The van der Waals surface area contributed by atoms with Crippen molar-refractivity contribution in [2.45, 2.75) is 0 Å². The van der Waals surface area contributed by atoms with Crippen LogP contribution in [0.5, 0.6) is 5.75 Å². The molecule has 3 heterocycles. The highest BCUT2D eigenvalue weighted by atomic mass is 35.5. The van der Waals surface area contributed by atoms with Gasteiger partial charge in [0.15, 0.2) is 0 Å². The summed E-state index contributed by atoms with van der Waals surface area (Å²) in [5.74, 6) is -1.42. The number of aromatic carboxylic acids is 1. The largest absolute Gasteiger partial charge is 0.506 e. The number of aromatic hydroxyl groups is 1. The summed E-state index contributed by atoms with van der Waals surface area (Å²) in [5.41, 5.74) is 2.43. The number of halogens is 2. The lowest BCUT2D eigenvalue weighted by atomic mass is 9.90. The molecule has 0 saturated carbocycles. The van der Waals surface area contributed by atoms with Crippen molar-refractivity contribution in [2.75, 3.05) is 10.6 Å². The van der Waals surface area contributed by atoms with Crippen LogP contribution >= 0.6 is 23.2 Å². The fraction of sp³-hybridized carbons (Fsp3) is 0. The SMILES string of the molecule is O=C(Nc1ccc(-c2c3cc(Cl)c(=O)cc-3oc3cc(O)c(Cl)cc23)c(C(=O)O)c1)Nc1cc2cccnc2c2ncccc12. The number of carbonyl (C=O) groups is 2. The number of fused-ring (bicyclic) bond motifs is 5. The van der Waals surface area contributed by atoms with Crippen molar-refractivity contribution in [3.05, 3.63) is 111 Å². The number of benzene rings is 4. The molecule has 0 unspecified atom stereocenters. The van der Waals surface area contributed by atoms with Crippen LogP contribution < -0.4 is 16.1 Å². The molecule has 12 heteroatoms. The Bertz CT molecular complexity index is 2410. The number of urea groups is 1. The minimum Gasteiger partial charge on any atom is -0.506 e. The quantitative estimate of drug-likeness (QED) is 0.112. The first-order valence-corrected chi connectivity index (χ1v) is 14.1. The number of carbonyl (C=O) groups excluding carboxylic acids is 1. The average Bonchev–Trinajstić information content (AvgIpc) is 3.02. The Morgan fingerprint density at radius 1 is 0.800 bits per heavy atom. The van der Waals surface area contributed by atoms with Gasteiger partial charge in [0.2, 0.25) is 5.43 Å². The zero-order valence-electron chi connectivity index (χ0n) is 22.8. The van der Waals surface area contributed by atoms with Gasteiger partial charge in [-0.15, -0.1) is 0 Å². The number of anilines is 2. The Labute approximate surface area is 262 Å². The number of carboxylic acids is 1. The molecule has 2 amide bonds. The van der Waals surface area contributed by atoms with Crippen molar-refractivity contribution in [3.63, 3.8) is 0 Å². The smallest absolute Gasteiger partial charge is 0.336 e. The lowest BCUT2D eigenvalue weighted by molar-refractivity contribution is 0.0697. The summed E-state index contributed by atoms with van der Waals surface area (Å²) >= 11 is 12.4. The monoisotopic (exact) mass is 636 g/mol. The van der Waals surface area contributed by atoms with E-state index in [4.69, 9.17) is 27.6 Å². The van der Waals surface area contributed by atoms with E-state index in [1.165, 1.54) is 36.4 Å². The van der Waals surface area contributed by atoms with E-state index in [2.05, 4.69) is 20.6 Å². The van der Waals surface area contributed by atoms with Crippen molar-refractivity contribution >= 4 is 79.4 Å². The van der Waals surface area contributed by atoms with E-state index >= 15 is 0 Å². The molecule has 2 aromatic heterocycles. The average molecular weight is 637 g/mol. The molecular formula is C33H18Cl2N4O6. The van der Waals surface area contributed by atoms with E-state index in [0.717, 1.165) is 5.39 Å². The third kappa shape index (κ3) is 4.92. The predicted molar refractivity (Wildman–Crippen MR) is 173 cm³/mol. The van der Waals surface area contributed by atoms with Gasteiger partial charge >= 0.3 is 12.0 Å². The van der Waals surface area contributed by atoms with Crippen molar-refractivity contribution in [2.24, 2.45) is 0 Å². The third-order valence-electron chi connectivity index (χ3n) is 7.33. The van der Waals surface area contributed by atoms with E-state index in [1.807, 2.05) is 12.1 Å². The first-order valence-electron chi connectivity index (χ1n) is 13.3. The highest BCUT2D eigenvalue weighted by Gasteiger charge is 2.24. The van der Waals surface area contributed by atoms with Gasteiger partial charge in [-0.05, 0) is 54.1 Å². The van der Waals surface area contributed by atoms with Crippen LogP contribution in [0.4, 0.5) is 16.2 Å². The number of nitrogens with one attached hydrogen (secondary N) is 2. The molecule has 45 heavy (non-hydrogen) atoms. The number of carboxylic acid groups (broad SMARTS) is 1. The van der Waals surface area contributed by atoms with Crippen LogP contribution in [0.3, 0.4) is 0 Å². The third-order valence-corrected chi connectivity index (χ3v) is 7.93. The Balaban J connectivity index is 1.31. The Morgan fingerprint density at radius 3 is 2.38 bits per heavy atom. The number of rotatable bonds is 4. The van der Waals surface area contributed by atoms with E-state index in [1.54, 1.807) is 36.7 Å². The number of amides is 2. The van der Waals surface area contributed by atoms with E-state index in [-0.39, 0.29) is 44.0 Å². The van der Waals surface area contributed by atoms with Crippen LogP contribution in [-0.4, -0.2) is 32.2 Å². The molecule has 5 aromatic rings. The zero-order chi connectivity index (χ0) is 31.4. The summed E-state index contributed by atoms with van der Waals surface area (Å²) < 4.78 is 5.87. The normalized spacial score (nSPS) is 11.3. The Morgan fingerprint density at radius 2 is 1.58 bits per heavy atom. The van der Waals surface area contributed by atoms with Gasteiger partial charge in [0, 0.05) is 57.5 Å². The van der Waals surface area contributed by atoms with Gasteiger partial charge in [0.05, 0.1) is 32.3 Å². The van der Waals surface area contributed by atoms with Crippen LogP contribution in [0, 0.1) is 0 Å². The molecule has 7 rings (SSSR count). The summed E-state index contributed by atoms with van der Waals surface area (Å²) in [7, 11) is 0. The summed E-state index contributed by atoms with van der Waals surface area (Å²) in [6.07, 6.45) is 3.32. The lowest BCUT2D eigenvalue weighted by Crippen LogP contribution is -2.20. The summed E-state index contributed by atoms with van der Waals surface area (Å²) in [6.45, 7) is 0. The summed E-state index contributed by atoms with van der Waals surface area (Å²) in [5, 5.41) is 27.7. The molecule has 0 fully saturated rings. The fourth-order valence-corrected chi connectivity index (χ4v) is 5.70. The Kier molecular flexibility index (Phi) is 6.73. The van der Waals surface area contributed by atoms with Gasteiger partial charge in [-0.2, -0.15) is 0 Å². The Hall–Kier alpha value is -5.71.